The van der Waals surface area contributed by atoms with Crippen molar-refractivity contribution < 1.29 is 14.3 Å². The van der Waals surface area contributed by atoms with Crippen LogP contribution in [0, 0.1) is 0 Å². The number of nitrogens with two attached hydrogens (primary N) is 1. The monoisotopic (exact) mass is 231 g/mol. The molecule has 6 heteroatoms. The van der Waals surface area contributed by atoms with Gasteiger partial charge in [0.05, 0.1) is 0 Å². The summed E-state index contributed by atoms with van der Waals surface area (Å²) in [6.45, 7) is 4.26. The fourth-order valence-electron chi connectivity index (χ4n) is 1.08. The van der Waals surface area contributed by atoms with Crippen LogP contribution in [0.25, 0.3) is 0 Å². The Morgan fingerprint density at radius 1 is 1.38 bits per heavy atom. The Bertz CT molecular complexity index is 229. The van der Waals surface area contributed by atoms with Gasteiger partial charge in [-0.3, -0.25) is 9.59 Å². The highest BCUT2D eigenvalue weighted by molar-refractivity contribution is 5.89. The van der Waals surface area contributed by atoms with E-state index in [1.165, 1.54) is 7.11 Å². The summed E-state index contributed by atoms with van der Waals surface area (Å²) in [4.78, 5) is 22.9. The van der Waals surface area contributed by atoms with Gasteiger partial charge in [0, 0.05) is 20.2 Å². The fourth-order valence-corrected chi connectivity index (χ4v) is 1.08. The SMILES string of the molecule is CCCNC(=O)C(C)NC(=O)C(CN)OC. The minimum atomic E-state index is -0.707. The first-order valence-corrected chi connectivity index (χ1v) is 5.37. The highest BCUT2D eigenvalue weighted by atomic mass is 16.5. The van der Waals surface area contributed by atoms with Gasteiger partial charge in [-0.2, -0.15) is 0 Å². The van der Waals surface area contributed by atoms with Crippen molar-refractivity contribution in [3.05, 3.63) is 0 Å². The fraction of sp³-hybridized carbons (Fsp3) is 0.800. The molecule has 94 valence electrons. The van der Waals surface area contributed by atoms with Crippen LogP contribution in [0.2, 0.25) is 0 Å². The van der Waals surface area contributed by atoms with Crippen molar-refractivity contribution in [2.75, 3.05) is 20.2 Å². The van der Waals surface area contributed by atoms with E-state index in [0.717, 1.165) is 6.42 Å². The average Bonchev–Trinajstić information content (AvgIpc) is 2.27. The van der Waals surface area contributed by atoms with Crippen LogP contribution in [-0.2, 0) is 14.3 Å². The van der Waals surface area contributed by atoms with Crippen LogP contribution in [0.15, 0.2) is 0 Å². The van der Waals surface area contributed by atoms with Crippen molar-refractivity contribution in [1.29, 1.82) is 0 Å². The van der Waals surface area contributed by atoms with Crippen LogP contribution >= 0.6 is 0 Å². The number of carbonyl (C=O) groups excluding carboxylic acids is 2. The maximum absolute atomic E-state index is 11.5. The summed E-state index contributed by atoms with van der Waals surface area (Å²) < 4.78 is 4.85. The Balaban J connectivity index is 4.07. The molecular weight excluding hydrogens is 210 g/mol. The van der Waals surface area contributed by atoms with Crippen molar-refractivity contribution in [3.8, 4) is 0 Å². The average molecular weight is 231 g/mol. The molecular formula is C10H21N3O3. The standard InChI is InChI=1S/C10H21N3O3/c1-4-5-12-9(14)7(2)13-10(15)8(6-11)16-3/h7-8H,4-6,11H2,1-3H3,(H,12,14)(H,13,15). The Hall–Kier alpha value is -1.14. The summed E-state index contributed by atoms with van der Waals surface area (Å²) in [5.74, 6) is -0.578. The van der Waals surface area contributed by atoms with Crippen molar-refractivity contribution in [3.63, 3.8) is 0 Å². The highest BCUT2D eigenvalue weighted by Gasteiger charge is 2.20. The number of methoxy groups -OCH3 is 1. The van der Waals surface area contributed by atoms with Gasteiger partial charge in [-0.1, -0.05) is 6.92 Å². The predicted molar refractivity (Wildman–Crippen MR) is 60.8 cm³/mol. The van der Waals surface area contributed by atoms with E-state index in [-0.39, 0.29) is 18.4 Å². The molecule has 0 bridgehead atoms. The summed E-state index contributed by atoms with van der Waals surface area (Å²) in [5, 5.41) is 5.22. The quantitative estimate of drug-likeness (QED) is 0.523. The van der Waals surface area contributed by atoms with Crippen LogP contribution in [0.1, 0.15) is 20.3 Å². The smallest absolute Gasteiger partial charge is 0.251 e. The van der Waals surface area contributed by atoms with E-state index >= 15 is 0 Å². The minimum absolute atomic E-state index is 0.0889. The Morgan fingerprint density at radius 2 is 2.00 bits per heavy atom. The molecule has 0 radical (unpaired) electrons. The lowest BCUT2D eigenvalue weighted by atomic mass is 10.2. The van der Waals surface area contributed by atoms with Crippen LogP contribution in [0.5, 0.6) is 0 Å². The lowest BCUT2D eigenvalue weighted by molar-refractivity contribution is -0.134. The van der Waals surface area contributed by atoms with E-state index in [2.05, 4.69) is 10.6 Å². The molecule has 0 aliphatic heterocycles. The molecule has 0 aromatic carbocycles. The Labute approximate surface area is 95.9 Å². The van der Waals surface area contributed by atoms with Gasteiger partial charge in [-0.25, -0.2) is 0 Å². The van der Waals surface area contributed by atoms with Crippen molar-refractivity contribution in [2.24, 2.45) is 5.73 Å². The van der Waals surface area contributed by atoms with Gasteiger partial charge in [0.25, 0.3) is 5.91 Å². The lowest BCUT2D eigenvalue weighted by Gasteiger charge is -2.17. The van der Waals surface area contributed by atoms with E-state index in [9.17, 15) is 9.59 Å². The van der Waals surface area contributed by atoms with Crippen molar-refractivity contribution in [2.45, 2.75) is 32.4 Å². The first-order chi connectivity index (χ1) is 7.56. The number of hydrogen-bond acceptors (Lipinski definition) is 4. The van der Waals surface area contributed by atoms with E-state index in [1.807, 2.05) is 6.92 Å². The van der Waals surface area contributed by atoms with Crippen LogP contribution in [0.4, 0.5) is 0 Å². The molecule has 0 fully saturated rings. The van der Waals surface area contributed by atoms with Gasteiger partial charge < -0.3 is 21.1 Å². The summed E-state index contributed by atoms with van der Waals surface area (Å²) in [7, 11) is 1.40. The van der Waals surface area contributed by atoms with Gasteiger partial charge in [-0.15, -0.1) is 0 Å². The van der Waals surface area contributed by atoms with Crippen LogP contribution < -0.4 is 16.4 Å². The molecule has 2 amide bonds. The topological polar surface area (TPSA) is 93.5 Å². The Morgan fingerprint density at radius 3 is 2.44 bits per heavy atom. The summed E-state index contributed by atoms with van der Waals surface area (Å²) in [6, 6.07) is -0.580. The molecule has 0 aliphatic rings. The molecule has 4 N–H and O–H groups in total. The molecule has 0 heterocycles. The maximum atomic E-state index is 11.5. The molecule has 0 saturated carbocycles. The van der Waals surface area contributed by atoms with E-state index in [1.54, 1.807) is 6.92 Å². The normalized spacial score (nSPS) is 14.0. The summed E-state index contributed by atoms with van der Waals surface area (Å²) in [6.07, 6.45) is 0.150. The van der Waals surface area contributed by atoms with Gasteiger partial charge >= 0.3 is 0 Å². The van der Waals surface area contributed by atoms with Crippen LogP contribution in [-0.4, -0.2) is 44.2 Å². The molecule has 2 atom stereocenters. The second kappa shape index (κ2) is 8.06. The number of carbonyl (C=O) groups is 2. The van der Waals surface area contributed by atoms with Gasteiger partial charge in [0.1, 0.15) is 12.1 Å². The van der Waals surface area contributed by atoms with E-state index in [0.29, 0.717) is 6.54 Å². The molecule has 0 aliphatic carbocycles. The number of ether oxygens (including phenoxy) is 1. The van der Waals surface area contributed by atoms with Gasteiger partial charge in [0.2, 0.25) is 5.91 Å². The second-order valence-electron chi connectivity index (χ2n) is 3.48. The number of rotatable bonds is 7. The molecule has 0 aromatic heterocycles. The zero-order chi connectivity index (χ0) is 12.6. The zero-order valence-electron chi connectivity index (χ0n) is 10.1. The van der Waals surface area contributed by atoms with Crippen molar-refractivity contribution >= 4 is 11.8 Å². The largest absolute Gasteiger partial charge is 0.370 e. The van der Waals surface area contributed by atoms with E-state index in [4.69, 9.17) is 10.5 Å². The third kappa shape index (κ3) is 5.09. The molecule has 0 spiro atoms. The molecule has 0 saturated heterocycles. The summed E-state index contributed by atoms with van der Waals surface area (Å²) in [5.41, 5.74) is 5.33. The summed E-state index contributed by atoms with van der Waals surface area (Å²) >= 11 is 0. The van der Waals surface area contributed by atoms with Crippen molar-refractivity contribution in [1.82, 2.24) is 10.6 Å². The first kappa shape index (κ1) is 14.9. The minimum Gasteiger partial charge on any atom is -0.370 e. The number of hydrogen-bond donors (Lipinski definition) is 3. The van der Waals surface area contributed by atoms with Gasteiger partial charge in [0.15, 0.2) is 0 Å². The predicted octanol–water partition coefficient (Wildman–Crippen LogP) is -1.01. The Kier molecular flexibility index (Phi) is 7.49. The lowest BCUT2D eigenvalue weighted by Crippen LogP contribution is -2.50. The van der Waals surface area contributed by atoms with Crippen LogP contribution in [0.3, 0.4) is 0 Å². The molecule has 2 unspecified atom stereocenters. The molecule has 16 heavy (non-hydrogen) atoms. The first-order valence-electron chi connectivity index (χ1n) is 5.37. The molecule has 0 aromatic rings. The third-order valence-corrected chi connectivity index (χ3v) is 2.09. The third-order valence-electron chi connectivity index (χ3n) is 2.09. The molecule has 6 nitrogen and oxygen atoms in total. The number of nitrogens with one attached hydrogen (secondary N) is 2. The number of amides is 2. The maximum Gasteiger partial charge on any atom is 0.251 e. The zero-order valence-corrected chi connectivity index (χ0v) is 10.1. The second-order valence-corrected chi connectivity index (χ2v) is 3.48. The van der Waals surface area contributed by atoms with Gasteiger partial charge in [-0.05, 0) is 13.3 Å². The highest BCUT2D eigenvalue weighted by Crippen LogP contribution is 1.90. The van der Waals surface area contributed by atoms with E-state index < -0.39 is 12.1 Å². The molecule has 0 rings (SSSR count).